The van der Waals surface area contributed by atoms with Gasteiger partial charge in [0.2, 0.25) is 0 Å². The van der Waals surface area contributed by atoms with Gasteiger partial charge in [0, 0.05) is 10.9 Å². The van der Waals surface area contributed by atoms with E-state index >= 15 is 0 Å². The third kappa shape index (κ3) is 3.39. The molecule has 1 N–H and O–H groups in total. The largest absolute Gasteiger partial charge is 0.495 e. The summed E-state index contributed by atoms with van der Waals surface area (Å²) in [7, 11) is 1.54. The number of nitrogens with zero attached hydrogens (tertiary/aromatic N) is 1. The van der Waals surface area contributed by atoms with Crippen LogP contribution in [-0.2, 0) is 0 Å². The lowest BCUT2D eigenvalue weighted by atomic mass is 10.2. The molecule has 0 atom stereocenters. The van der Waals surface area contributed by atoms with Gasteiger partial charge in [-0.15, -0.1) is 11.3 Å². The van der Waals surface area contributed by atoms with Gasteiger partial charge in [0.1, 0.15) is 11.6 Å². The first-order chi connectivity index (χ1) is 11.6. The number of ether oxygens (including phenoxy) is 1. The van der Waals surface area contributed by atoms with E-state index in [1.54, 1.807) is 30.7 Å². The molecule has 0 spiro atoms. The van der Waals surface area contributed by atoms with Crippen LogP contribution in [-0.4, -0.2) is 18.0 Å². The molecule has 0 aliphatic carbocycles. The van der Waals surface area contributed by atoms with Crippen LogP contribution in [0.3, 0.4) is 0 Å². The number of thiazole rings is 1. The van der Waals surface area contributed by atoms with Crippen LogP contribution in [0.4, 0.5) is 9.52 Å². The zero-order valence-corrected chi connectivity index (χ0v) is 14.1. The number of rotatable bonds is 4. The second-order valence-corrected chi connectivity index (χ2v) is 6.09. The lowest BCUT2D eigenvalue weighted by molar-refractivity contribution is 0.102. The summed E-state index contributed by atoms with van der Waals surface area (Å²) < 4.78 is 18.7. The number of hydrogen-bond acceptors (Lipinski definition) is 4. The first kappa shape index (κ1) is 16.4. The van der Waals surface area contributed by atoms with Crippen molar-refractivity contribution in [2.75, 3.05) is 12.4 Å². The number of aromatic nitrogens is 1. The van der Waals surface area contributed by atoms with E-state index in [2.05, 4.69) is 10.3 Å². The molecule has 0 saturated carbocycles. The second-order valence-electron chi connectivity index (χ2n) is 4.82. The van der Waals surface area contributed by atoms with Crippen LogP contribution in [0.1, 0.15) is 10.4 Å². The summed E-state index contributed by atoms with van der Waals surface area (Å²) in [6, 6.07) is 11.1. The number of halogens is 2. The molecule has 0 unspecified atom stereocenters. The van der Waals surface area contributed by atoms with Crippen molar-refractivity contribution in [1.29, 1.82) is 0 Å². The summed E-state index contributed by atoms with van der Waals surface area (Å²) in [5, 5.41) is 5.24. The highest BCUT2D eigenvalue weighted by Crippen LogP contribution is 2.31. The fraction of sp³-hybridized carbons (Fsp3) is 0.0588. The van der Waals surface area contributed by atoms with Crippen molar-refractivity contribution in [3.05, 3.63) is 64.2 Å². The Morgan fingerprint density at radius 3 is 2.79 bits per heavy atom. The summed E-state index contributed by atoms with van der Waals surface area (Å²) in [5.74, 6) is -0.542. The first-order valence-corrected chi connectivity index (χ1v) is 8.19. The number of carbonyl (C=O) groups is 1. The number of carbonyl (C=O) groups excluding carboxylic acids is 1. The van der Waals surface area contributed by atoms with Gasteiger partial charge in [0.05, 0.1) is 23.4 Å². The molecule has 1 aromatic heterocycles. The summed E-state index contributed by atoms with van der Waals surface area (Å²) in [4.78, 5) is 16.4. The highest BCUT2D eigenvalue weighted by Gasteiger charge is 2.14. The molecule has 1 heterocycles. The van der Waals surface area contributed by atoms with Crippen molar-refractivity contribution in [2.45, 2.75) is 0 Å². The molecule has 0 fully saturated rings. The van der Waals surface area contributed by atoms with E-state index in [1.807, 2.05) is 6.07 Å². The fourth-order valence-corrected chi connectivity index (χ4v) is 3.07. The Bertz CT molecular complexity index is 898. The Kier molecular flexibility index (Phi) is 4.78. The van der Waals surface area contributed by atoms with Gasteiger partial charge < -0.3 is 4.74 Å². The highest BCUT2D eigenvalue weighted by molar-refractivity contribution is 7.14. The van der Waals surface area contributed by atoms with Gasteiger partial charge in [-0.2, -0.15) is 0 Å². The number of nitrogens with one attached hydrogen (secondary N) is 1. The van der Waals surface area contributed by atoms with E-state index in [0.717, 1.165) is 5.56 Å². The van der Waals surface area contributed by atoms with Gasteiger partial charge in [0.15, 0.2) is 5.13 Å². The monoisotopic (exact) mass is 362 g/mol. The molecule has 0 saturated heterocycles. The summed E-state index contributed by atoms with van der Waals surface area (Å²) in [6.45, 7) is 0. The van der Waals surface area contributed by atoms with Gasteiger partial charge in [-0.3, -0.25) is 10.1 Å². The standard InChI is InChI=1S/C17H12ClFN2O2S/c1-23-15-7-6-10(8-12(15)18)14-9-24-17(20-14)21-16(22)11-4-2-3-5-13(11)19/h2-9H,1H3,(H,20,21,22). The summed E-state index contributed by atoms with van der Waals surface area (Å²) >= 11 is 7.36. The van der Waals surface area contributed by atoms with E-state index in [0.29, 0.717) is 21.6 Å². The van der Waals surface area contributed by atoms with Crippen molar-refractivity contribution in [2.24, 2.45) is 0 Å². The Labute approximate surface area is 146 Å². The van der Waals surface area contributed by atoms with Crippen LogP contribution in [0.25, 0.3) is 11.3 Å². The van der Waals surface area contributed by atoms with Crippen molar-refractivity contribution in [1.82, 2.24) is 4.98 Å². The van der Waals surface area contributed by atoms with E-state index < -0.39 is 11.7 Å². The van der Waals surface area contributed by atoms with Crippen LogP contribution in [0, 0.1) is 5.82 Å². The molecule has 24 heavy (non-hydrogen) atoms. The Morgan fingerprint density at radius 2 is 2.08 bits per heavy atom. The van der Waals surface area contributed by atoms with E-state index in [4.69, 9.17) is 16.3 Å². The molecule has 0 aliphatic rings. The molecule has 0 radical (unpaired) electrons. The summed E-state index contributed by atoms with van der Waals surface area (Å²) in [6.07, 6.45) is 0. The minimum Gasteiger partial charge on any atom is -0.495 e. The van der Waals surface area contributed by atoms with Gasteiger partial charge in [-0.05, 0) is 30.3 Å². The Balaban J connectivity index is 1.80. The minimum absolute atomic E-state index is 0.0262. The van der Waals surface area contributed by atoms with E-state index in [1.165, 1.54) is 29.5 Å². The van der Waals surface area contributed by atoms with Crippen LogP contribution in [0.2, 0.25) is 5.02 Å². The smallest absolute Gasteiger partial charge is 0.260 e. The summed E-state index contributed by atoms with van der Waals surface area (Å²) in [5.41, 5.74) is 1.43. The number of amides is 1. The molecule has 1 amide bonds. The average Bonchev–Trinajstić information content (AvgIpc) is 3.03. The molecule has 3 rings (SSSR count). The lowest BCUT2D eigenvalue weighted by Crippen LogP contribution is -2.13. The Morgan fingerprint density at radius 1 is 1.29 bits per heavy atom. The molecule has 122 valence electrons. The fourth-order valence-electron chi connectivity index (χ4n) is 2.10. The van der Waals surface area contributed by atoms with Crippen LogP contribution >= 0.6 is 22.9 Å². The van der Waals surface area contributed by atoms with Crippen LogP contribution < -0.4 is 10.1 Å². The predicted molar refractivity (Wildman–Crippen MR) is 93.5 cm³/mol. The van der Waals surface area contributed by atoms with Gasteiger partial charge in [0.25, 0.3) is 5.91 Å². The molecular formula is C17H12ClFN2O2S. The maximum Gasteiger partial charge on any atom is 0.260 e. The number of benzene rings is 2. The van der Waals surface area contributed by atoms with Gasteiger partial charge in [-0.1, -0.05) is 23.7 Å². The molecule has 2 aromatic carbocycles. The van der Waals surface area contributed by atoms with Crippen molar-refractivity contribution in [3.63, 3.8) is 0 Å². The molecule has 7 heteroatoms. The number of hydrogen-bond donors (Lipinski definition) is 1. The van der Waals surface area contributed by atoms with Gasteiger partial charge >= 0.3 is 0 Å². The Hall–Kier alpha value is -2.44. The zero-order chi connectivity index (χ0) is 17.1. The van der Waals surface area contributed by atoms with Crippen molar-refractivity contribution < 1.29 is 13.9 Å². The SMILES string of the molecule is COc1ccc(-c2csc(NC(=O)c3ccccc3F)n2)cc1Cl. The zero-order valence-electron chi connectivity index (χ0n) is 12.5. The number of methoxy groups -OCH3 is 1. The minimum atomic E-state index is -0.575. The molecule has 3 aromatic rings. The van der Waals surface area contributed by atoms with Crippen molar-refractivity contribution in [3.8, 4) is 17.0 Å². The normalized spacial score (nSPS) is 10.5. The van der Waals surface area contributed by atoms with Crippen LogP contribution in [0.5, 0.6) is 5.75 Å². The number of anilines is 1. The third-order valence-corrected chi connectivity index (χ3v) is 4.34. The quantitative estimate of drug-likeness (QED) is 0.720. The first-order valence-electron chi connectivity index (χ1n) is 6.94. The van der Waals surface area contributed by atoms with E-state index in [-0.39, 0.29) is 5.56 Å². The van der Waals surface area contributed by atoms with E-state index in [9.17, 15) is 9.18 Å². The maximum absolute atomic E-state index is 13.6. The second kappa shape index (κ2) is 6.98. The lowest BCUT2D eigenvalue weighted by Gasteiger charge is -2.04. The maximum atomic E-state index is 13.6. The third-order valence-electron chi connectivity index (χ3n) is 3.29. The molecule has 4 nitrogen and oxygen atoms in total. The molecule has 0 aliphatic heterocycles. The van der Waals surface area contributed by atoms with Crippen LogP contribution in [0.15, 0.2) is 47.8 Å². The van der Waals surface area contributed by atoms with Gasteiger partial charge in [-0.25, -0.2) is 9.37 Å². The topological polar surface area (TPSA) is 51.2 Å². The molecule has 0 bridgehead atoms. The average molecular weight is 363 g/mol. The molecular weight excluding hydrogens is 351 g/mol. The highest BCUT2D eigenvalue weighted by atomic mass is 35.5. The predicted octanol–water partition coefficient (Wildman–Crippen LogP) is 4.86. The van der Waals surface area contributed by atoms with Crippen molar-refractivity contribution >= 4 is 34.0 Å².